The van der Waals surface area contributed by atoms with Crippen molar-refractivity contribution in [2.45, 2.75) is 32.4 Å². The van der Waals surface area contributed by atoms with Crippen LogP contribution >= 0.6 is 0 Å². The van der Waals surface area contributed by atoms with Crippen LogP contribution in [0.3, 0.4) is 0 Å². The van der Waals surface area contributed by atoms with Crippen molar-refractivity contribution in [2.75, 3.05) is 12.4 Å². The van der Waals surface area contributed by atoms with Crippen LogP contribution in [0.25, 0.3) is 5.52 Å². The van der Waals surface area contributed by atoms with E-state index in [1.54, 1.807) is 30.8 Å². The van der Waals surface area contributed by atoms with Crippen molar-refractivity contribution >= 4 is 15.4 Å². The van der Waals surface area contributed by atoms with Crippen LogP contribution in [0.1, 0.15) is 26.0 Å². The SMILES string of the molecule is Cc1cn2nncc2c(OCCCS(=O)(=O)C(C)C)n1. The Balaban J connectivity index is 1.98. The van der Waals surface area contributed by atoms with Crippen LogP contribution in [0.5, 0.6) is 5.88 Å². The molecule has 0 aliphatic carbocycles. The Labute approximate surface area is 117 Å². The molecule has 0 saturated carbocycles. The number of rotatable bonds is 6. The molecule has 0 N–H and O–H groups in total. The minimum atomic E-state index is -3.02. The lowest BCUT2D eigenvalue weighted by molar-refractivity contribution is 0.307. The molecule has 2 aromatic rings. The molecular weight excluding hydrogens is 280 g/mol. The second kappa shape index (κ2) is 5.74. The number of nitrogens with zero attached hydrogens (tertiary/aromatic N) is 4. The van der Waals surface area contributed by atoms with Gasteiger partial charge in [0.15, 0.2) is 9.84 Å². The molecule has 0 fully saturated rings. The summed E-state index contributed by atoms with van der Waals surface area (Å²) < 4.78 is 30.5. The van der Waals surface area contributed by atoms with Crippen LogP contribution in [0.15, 0.2) is 12.4 Å². The minimum Gasteiger partial charge on any atom is -0.476 e. The maximum Gasteiger partial charge on any atom is 0.242 e. The highest BCUT2D eigenvalue weighted by molar-refractivity contribution is 7.91. The fourth-order valence-corrected chi connectivity index (χ4v) is 2.68. The van der Waals surface area contributed by atoms with Gasteiger partial charge in [-0.05, 0) is 27.2 Å². The fraction of sp³-hybridized carbons (Fsp3) is 0.583. The summed E-state index contributed by atoms with van der Waals surface area (Å²) >= 11 is 0. The van der Waals surface area contributed by atoms with Crippen LogP contribution in [0, 0.1) is 6.92 Å². The molecule has 0 aliphatic heterocycles. The van der Waals surface area contributed by atoms with Gasteiger partial charge in [0, 0.05) is 0 Å². The Morgan fingerprint density at radius 1 is 1.40 bits per heavy atom. The highest BCUT2D eigenvalue weighted by Crippen LogP contribution is 2.16. The van der Waals surface area contributed by atoms with E-state index in [4.69, 9.17) is 4.74 Å². The third-order valence-corrected chi connectivity index (χ3v) is 5.21. The van der Waals surface area contributed by atoms with Crippen molar-refractivity contribution in [3.05, 3.63) is 18.1 Å². The van der Waals surface area contributed by atoms with Gasteiger partial charge in [-0.25, -0.2) is 17.9 Å². The normalized spacial score (nSPS) is 12.2. The summed E-state index contributed by atoms with van der Waals surface area (Å²) in [6.45, 7) is 5.49. The Morgan fingerprint density at radius 2 is 2.15 bits per heavy atom. The number of aryl methyl sites for hydroxylation is 1. The van der Waals surface area contributed by atoms with Crippen molar-refractivity contribution in [1.82, 2.24) is 19.8 Å². The second-order valence-corrected chi connectivity index (χ2v) is 7.55. The molecule has 0 spiro atoms. The van der Waals surface area contributed by atoms with Gasteiger partial charge in [-0.2, -0.15) is 0 Å². The van der Waals surface area contributed by atoms with Gasteiger partial charge in [-0.15, -0.1) is 5.10 Å². The predicted molar refractivity (Wildman–Crippen MR) is 74.6 cm³/mol. The summed E-state index contributed by atoms with van der Waals surface area (Å²) in [6, 6.07) is 0. The number of hydrogen-bond donors (Lipinski definition) is 0. The zero-order valence-corrected chi connectivity index (χ0v) is 12.6. The van der Waals surface area contributed by atoms with Gasteiger partial charge in [0.2, 0.25) is 5.88 Å². The molecule has 0 radical (unpaired) electrons. The Hall–Kier alpha value is -1.70. The van der Waals surface area contributed by atoms with E-state index in [-0.39, 0.29) is 11.0 Å². The molecule has 2 aromatic heterocycles. The monoisotopic (exact) mass is 298 g/mol. The molecule has 0 amide bonds. The fourth-order valence-electron chi connectivity index (χ4n) is 1.69. The maximum atomic E-state index is 11.7. The van der Waals surface area contributed by atoms with E-state index in [0.29, 0.717) is 24.4 Å². The first kappa shape index (κ1) is 14.7. The number of sulfone groups is 1. The predicted octanol–water partition coefficient (Wildman–Crippen LogP) is 1.02. The Kier molecular flexibility index (Phi) is 4.22. The van der Waals surface area contributed by atoms with E-state index >= 15 is 0 Å². The molecule has 0 atom stereocenters. The Bertz CT molecular complexity index is 694. The summed E-state index contributed by atoms with van der Waals surface area (Å²) in [5.41, 5.74) is 1.43. The summed E-state index contributed by atoms with van der Waals surface area (Å²) in [5.74, 6) is 0.543. The molecule has 0 bridgehead atoms. The first-order chi connectivity index (χ1) is 9.40. The largest absolute Gasteiger partial charge is 0.476 e. The first-order valence-corrected chi connectivity index (χ1v) is 8.14. The lowest BCUT2D eigenvalue weighted by Gasteiger charge is -2.09. The first-order valence-electron chi connectivity index (χ1n) is 6.42. The van der Waals surface area contributed by atoms with Crippen LogP contribution in [-0.2, 0) is 9.84 Å². The van der Waals surface area contributed by atoms with E-state index in [2.05, 4.69) is 15.3 Å². The molecule has 0 saturated heterocycles. The minimum absolute atomic E-state index is 0.115. The van der Waals surface area contributed by atoms with Crippen molar-refractivity contribution < 1.29 is 13.2 Å². The number of hydrogen-bond acceptors (Lipinski definition) is 6. The average Bonchev–Trinajstić information content (AvgIpc) is 2.82. The smallest absolute Gasteiger partial charge is 0.242 e. The molecule has 20 heavy (non-hydrogen) atoms. The van der Waals surface area contributed by atoms with Gasteiger partial charge in [0.05, 0.1) is 35.7 Å². The summed E-state index contributed by atoms with van der Waals surface area (Å²) in [4.78, 5) is 4.27. The molecule has 2 rings (SSSR count). The van der Waals surface area contributed by atoms with Gasteiger partial charge >= 0.3 is 0 Å². The molecule has 110 valence electrons. The summed E-state index contributed by atoms with van der Waals surface area (Å²) in [5, 5.41) is 7.32. The number of fused-ring (bicyclic) bond motifs is 1. The van der Waals surface area contributed by atoms with Crippen molar-refractivity contribution in [1.29, 1.82) is 0 Å². The zero-order chi connectivity index (χ0) is 14.8. The number of ether oxygens (including phenoxy) is 1. The maximum absolute atomic E-state index is 11.7. The molecular formula is C12H18N4O3S. The summed E-state index contributed by atoms with van der Waals surface area (Å²) in [6.07, 6.45) is 3.74. The third kappa shape index (κ3) is 3.24. The van der Waals surface area contributed by atoms with Crippen molar-refractivity contribution in [3.8, 4) is 5.88 Å². The van der Waals surface area contributed by atoms with Gasteiger partial charge in [-0.3, -0.25) is 0 Å². The molecule has 0 aliphatic rings. The molecule has 0 aromatic carbocycles. The second-order valence-electron chi connectivity index (χ2n) is 4.87. The van der Waals surface area contributed by atoms with Crippen molar-refractivity contribution in [2.24, 2.45) is 0 Å². The van der Waals surface area contributed by atoms with Gasteiger partial charge in [-0.1, -0.05) is 5.21 Å². The molecule has 8 heteroatoms. The van der Waals surface area contributed by atoms with Gasteiger partial charge in [0.1, 0.15) is 5.52 Å². The van der Waals surface area contributed by atoms with E-state index in [9.17, 15) is 8.42 Å². The molecule has 0 unspecified atom stereocenters. The zero-order valence-electron chi connectivity index (χ0n) is 11.8. The summed E-state index contributed by atoms with van der Waals surface area (Å²) in [7, 11) is -3.02. The highest BCUT2D eigenvalue weighted by Gasteiger charge is 2.15. The van der Waals surface area contributed by atoms with Crippen molar-refractivity contribution in [3.63, 3.8) is 0 Å². The topological polar surface area (TPSA) is 86.5 Å². The van der Waals surface area contributed by atoms with E-state index in [0.717, 1.165) is 5.69 Å². The lowest BCUT2D eigenvalue weighted by atomic mass is 10.4. The van der Waals surface area contributed by atoms with E-state index in [1.807, 2.05) is 6.92 Å². The van der Waals surface area contributed by atoms with Crippen LogP contribution in [0.4, 0.5) is 0 Å². The van der Waals surface area contributed by atoms with Crippen LogP contribution in [-0.4, -0.2) is 45.8 Å². The lowest BCUT2D eigenvalue weighted by Crippen LogP contribution is -2.19. The standard InChI is InChI=1S/C12H18N4O3S/c1-9(2)20(17,18)6-4-5-19-12-11-7-13-15-16(11)8-10(3)14-12/h7-9H,4-6H2,1-3H3. The average molecular weight is 298 g/mol. The van der Waals surface area contributed by atoms with E-state index < -0.39 is 9.84 Å². The molecule has 7 nitrogen and oxygen atoms in total. The van der Waals surface area contributed by atoms with E-state index in [1.165, 1.54) is 0 Å². The van der Waals surface area contributed by atoms with Gasteiger partial charge in [0.25, 0.3) is 0 Å². The highest BCUT2D eigenvalue weighted by atomic mass is 32.2. The number of aromatic nitrogens is 4. The van der Waals surface area contributed by atoms with Crippen LogP contribution < -0.4 is 4.74 Å². The quantitative estimate of drug-likeness (QED) is 0.740. The molecule has 2 heterocycles. The van der Waals surface area contributed by atoms with Crippen LogP contribution in [0.2, 0.25) is 0 Å². The Morgan fingerprint density at radius 3 is 2.85 bits per heavy atom. The third-order valence-electron chi connectivity index (χ3n) is 2.91. The van der Waals surface area contributed by atoms with Gasteiger partial charge < -0.3 is 4.74 Å².